The molecule has 0 unspecified atom stereocenters. The normalized spacial score (nSPS) is 10.7. The van der Waals surface area contributed by atoms with Gasteiger partial charge in [0.1, 0.15) is 5.82 Å². The van der Waals surface area contributed by atoms with Gasteiger partial charge in [-0.25, -0.2) is 9.97 Å². The highest BCUT2D eigenvalue weighted by atomic mass is 79.9. The highest BCUT2D eigenvalue weighted by Crippen LogP contribution is 2.31. The van der Waals surface area contributed by atoms with E-state index >= 15 is 0 Å². The van der Waals surface area contributed by atoms with Gasteiger partial charge in [0.25, 0.3) is 0 Å². The van der Waals surface area contributed by atoms with Crippen molar-refractivity contribution in [2.75, 3.05) is 5.73 Å². The largest absolute Gasteiger partial charge is 0.383 e. The van der Waals surface area contributed by atoms with Gasteiger partial charge < -0.3 is 5.73 Å². The van der Waals surface area contributed by atoms with Gasteiger partial charge in [0.2, 0.25) is 0 Å². The van der Waals surface area contributed by atoms with Crippen molar-refractivity contribution in [2.45, 2.75) is 19.8 Å². The molecule has 6 heteroatoms. The van der Waals surface area contributed by atoms with Crippen molar-refractivity contribution in [3.8, 4) is 11.4 Å². The summed E-state index contributed by atoms with van der Waals surface area (Å²) in [7, 11) is 0. The third-order valence-electron chi connectivity index (χ3n) is 2.60. The maximum absolute atomic E-state index is 6.02. The standard InChI is InChI=1S/C13H12Br2ClN3/c1-2-3-10-11(15)12(17)19-13(18-10)8-6-7(16)4-5-9(8)14/h4-6H,2-3H2,1H3,(H2,17,18,19). The highest BCUT2D eigenvalue weighted by Gasteiger charge is 2.13. The van der Waals surface area contributed by atoms with Gasteiger partial charge in [0.15, 0.2) is 5.82 Å². The van der Waals surface area contributed by atoms with E-state index in [9.17, 15) is 0 Å². The van der Waals surface area contributed by atoms with Crippen LogP contribution in [0.25, 0.3) is 11.4 Å². The lowest BCUT2D eigenvalue weighted by Gasteiger charge is -2.09. The molecular formula is C13H12Br2ClN3. The lowest BCUT2D eigenvalue weighted by Crippen LogP contribution is -2.03. The summed E-state index contributed by atoms with van der Waals surface area (Å²) in [6.07, 6.45) is 1.84. The first-order valence-corrected chi connectivity index (χ1v) is 7.76. The Labute approximate surface area is 133 Å². The lowest BCUT2D eigenvalue weighted by atomic mass is 10.2. The molecule has 0 fully saturated rings. The Morgan fingerprint density at radius 1 is 1.26 bits per heavy atom. The summed E-state index contributed by atoms with van der Waals surface area (Å²) in [6.45, 7) is 2.10. The lowest BCUT2D eigenvalue weighted by molar-refractivity contribution is 0.870. The first-order chi connectivity index (χ1) is 9.02. The van der Waals surface area contributed by atoms with E-state index in [1.165, 1.54) is 0 Å². The minimum Gasteiger partial charge on any atom is -0.383 e. The van der Waals surface area contributed by atoms with E-state index in [1.807, 2.05) is 18.2 Å². The molecule has 0 aliphatic rings. The van der Waals surface area contributed by atoms with Crippen LogP contribution in [0, 0.1) is 0 Å². The van der Waals surface area contributed by atoms with Gasteiger partial charge in [-0.2, -0.15) is 0 Å². The van der Waals surface area contributed by atoms with Crippen LogP contribution in [0.15, 0.2) is 27.1 Å². The van der Waals surface area contributed by atoms with Crippen molar-refractivity contribution in [1.29, 1.82) is 0 Å². The number of anilines is 1. The van der Waals surface area contributed by atoms with Crippen LogP contribution in [0.1, 0.15) is 19.0 Å². The van der Waals surface area contributed by atoms with Gasteiger partial charge in [-0.3, -0.25) is 0 Å². The van der Waals surface area contributed by atoms with E-state index in [0.29, 0.717) is 16.7 Å². The second-order valence-electron chi connectivity index (χ2n) is 4.07. The number of aromatic nitrogens is 2. The van der Waals surface area contributed by atoms with Gasteiger partial charge in [0, 0.05) is 15.1 Å². The number of halogens is 3. The molecule has 2 N–H and O–H groups in total. The topological polar surface area (TPSA) is 51.8 Å². The van der Waals surface area contributed by atoms with Crippen molar-refractivity contribution in [3.63, 3.8) is 0 Å². The predicted octanol–water partition coefficient (Wildman–Crippen LogP) is 4.86. The summed E-state index contributed by atoms with van der Waals surface area (Å²) < 4.78 is 1.66. The van der Waals surface area contributed by atoms with Crippen molar-refractivity contribution < 1.29 is 0 Å². The van der Waals surface area contributed by atoms with E-state index in [0.717, 1.165) is 33.0 Å². The zero-order valence-electron chi connectivity index (χ0n) is 10.3. The zero-order chi connectivity index (χ0) is 14.0. The highest BCUT2D eigenvalue weighted by molar-refractivity contribution is 9.11. The van der Waals surface area contributed by atoms with Gasteiger partial charge in [0.05, 0.1) is 10.2 Å². The second kappa shape index (κ2) is 6.20. The molecule has 0 amide bonds. The van der Waals surface area contributed by atoms with Crippen LogP contribution >= 0.6 is 43.5 Å². The van der Waals surface area contributed by atoms with Crippen LogP contribution in [0.5, 0.6) is 0 Å². The van der Waals surface area contributed by atoms with Crippen LogP contribution < -0.4 is 5.73 Å². The monoisotopic (exact) mass is 403 g/mol. The smallest absolute Gasteiger partial charge is 0.163 e. The Morgan fingerprint density at radius 2 is 2.00 bits per heavy atom. The fourth-order valence-electron chi connectivity index (χ4n) is 1.70. The number of nitrogens with zero attached hydrogens (tertiary/aromatic N) is 2. The molecule has 2 aromatic rings. The minimum atomic E-state index is 0.445. The van der Waals surface area contributed by atoms with Crippen LogP contribution in [0.4, 0.5) is 5.82 Å². The first-order valence-electron chi connectivity index (χ1n) is 5.80. The molecule has 0 atom stereocenters. The summed E-state index contributed by atoms with van der Waals surface area (Å²) in [4.78, 5) is 8.89. The Bertz CT molecular complexity index is 617. The van der Waals surface area contributed by atoms with Crippen molar-refractivity contribution in [1.82, 2.24) is 9.97 Å². The Hall–Kier alpha value is -0.650. The zero-order valence-corrected chi connectivity index (χ0v) is 14.2. The molecular weight excluding hydrogens is 393 g/mol. The van der Waals surface area contributed by atoms with Gasteiger partial charge in [-0.15, -0.1) is 0 Å². The van der Waals surface area contributed by atoms with Gasteiger partial charge in [-0.1, -0.05) is 40.9 Å². The minimum absolute atomic E-state index is 0.445. The summed E-state index contributed by atoms with van der Waals surface area (Å²) in [5.74, 6) is 1.03. The molecule has 0 aliphatic heterocycles. The molecule has 0 saturated carbocycles. The molecule has 1 heterocycles. The van der Waals surface area contributed by atoms with E-state index < -0.39 is 0 Å². The van der Waals surface area contributed by atoms with Crippen LogP contribution in [-0.4, -0.2) is 9.97 Å². The number of nitrogen functional groups attached to an aromatic ring is 1. The van der Waals surface area contributed by atoms with Gasteiger partial charge >= 0.3 is 0 Å². The predicted molar refractivity (Wildman–Crippen MR) is 86.3 cm³/mol. The third kappa shape index (κ3) is 3.27. The number of rotatable bonds is 3. The fourth-order valence-corrected chi connectivity index (χ4v) is 2.68. The molecule has 0 bridgehead atoms. The maximum atomic E-state index is 6.02. The Morgan fingerprint density at radius 3 is 2.68 bits per heavy atom. The molecule has 3 nitrogen and oxygen atoms in total. The molecule has 19 heavy (non-hydrogen) atoms. The SMILES string of the molecule is CCCc1nc(-c2cc(Cl)ccc2Br)nc(N)c1Br. The average Bonchev–Trinajstić information content (AvgIpc) is 2.38. The molecule has 0 radical (unpaired) electrons. The van der Waals surface area contributed by atoms with E-state index in [-0.39, 0.29) is 0 Å². The van der Waals surface area contributed by atoms with Crippen molar-refractivity contribution in [2.24, 2.45) is 0 Å². The number of benzene rings is 1. The Kier molecular flexibility index (Phi) is 4.81. The maximum Gasteiger partial charge on any atom is 0.163 e. The van der Waals surface area contributed by atoms with Crippen LogP contribution in [-0.2, 0) is 6.42 Å². The third-order valence-corrected chi connectivity index (χ3v) is 4.39. The van der Waals surface area contributed by atoms with Gasteiger partial charge in [-0.05, 0) is 40.5 Å². The molecule has 1 aromatic carbocycles. The molecule has 0 aliphatic carbocycles. The number of hydrogen-bond acceptors (Lipinski definition) is 3. The number of aryl methyl sites for hydroxylation is 1. The Balaban J connectivity index is 2.59. The first kappa shape index (κ1) is 14.8. The molecule has 2 rings (SSSR count). The number of nitrogens with two attached hydrogens (primary N) is 1. The fraction of sp³-hybridized carbons (Fsp3) is 0.231. The van der Waals surface area contributed by atoms with Crippen LogP contribution in [0.2, 0.25) is 5.02 Å². The summed E-state index contributed by atoms with van der Waals surface area (Å²) >= 11 is 12.9. The van der Waals surface area contributed by atoms with E-state index in [1.54, 1.807) is 0 Å². The summed E-state index contributed by atoms with van der Waals surface area (Å²) in [5.41, 5.74) is 7.68. The van der Waals surface area contributed by atoms with E-state index in [4.69, 9.17) is 17.3 Å². The average molecular weight is 406 g/mol. The molecule has 1 aromatic heterocycles. The quantitative estimate of drug-likeness (QED) is 0.794. The summed E-state index contributed by atoms with van der Waals surface area (Å²) in [5, 5.41) is 0.639. The van der Waals surface area contributed by atoms with Crippen LogP contribution in [0.3, 0.4) is 0 Å². The number of hydrogen-bond donors (Lipinski definition) is 1. The van der Waals surface area contributed by atoms with Crippen molar-refractivity contribution >= 4 is 49.3 Å². The van der Waals surface area contributed by atoms with E-state index in [2.05, 4.69) is 48.8 Å². The summed E-state index contributed by atoms with van der Waals surface area (Å²) in [6, 6.07) is 5.51. The molecule has 100 valence electrons. The molecule has 0 saturated heterocycles. The second-order valence-corrected chi connectivity index (χ2v) is 6.15. The molecule has 0 spiro atoms. The van der Waals surface area contributed by atoms with Crippen molar-refractivity contribution in [3.05, 3.63) is 37.9 Å².